The lowest BCUT2D eigenvalue weighted by atomic mass is 9.91. The lowest BCUT2D eigenvalue weighted by molar-refractivity contribution is 1.18. The molecule has 11 rings (SSSR count). The first-order valence-electron chi connectivity index (χ1n) is 19.3. The van der Waals surface area contributed by atoms with Crippen molar-refractivity contribution < 1.29 is 0 Å². The fourth-order valence-corrected chi connectivity index (χ4v) is 8.82. The summed E-state index contributed by atoms with van der Waals surface area (Å²) in [6.45, 7) is 0. The number of rotatable bonds is 6. The Balaban J connectivity index is 1.12. The van der Waals surface area contributed by atoms with Crippen molar-refractivity contribution in [2.45, 2.75) is 0 Å². The minimum absolute atomic E-state index is 1.10. The molecule has 0 saturated carbocycles. The summed E-state index contributed by atoms with van der Waals surface area (Å²) in [5, 5.41) is 10.1. The summed E-state index contributed by atoms with van der Waals surface area (Å²) >= 11 is 0. The van der Waals surface area contributed by atoms with Crippen LogP contribution < -0.4 is 4.90 Å². The zero-order chi connectivity index (χ0) is 37.0. The molecular weight excluding hydrogens is 677 g/mol. The third-order valence-corrected chi connectivity index (χ3v) is 11.3. The van der Waals surface area contributed by atoms with E-state index in [0.717, 1.165) is 22.7 Å². The van der Waals surface area contributed by atoms with Crippen LogP contribution in [0.1, 0.15) is 0 Å². The highest BCUT2D eigenvalue weighted by atomic mass is 15.1. The minimum atomic E-state index is 1.10. The number of anilines is 3. The molecule has 0 saturated heterocycles. The van der Waals surface area contributed by atoms with Crippen molar-refractivity contribution in [2.24, 2.45) is 0 Å². The lowest BCUT2D eigenvalue weighted by Gasteiger charge is -2.28. The van der Waals surface area contributed by atoms with Gasteiger partial charge in [0, 0.05) is 33.4 Å². The summed E-state index contributed by atoms with van der Waals surface area (Å²) in [4.78, 5) is 2.42. The predicted octanol–water partition coefficient (Wildman–Crippen LogP) is 15.0. The van der Waals surface area contributed by atoms with Crippen molar-refractivity contribution in [1.29, 1.82) is 0 Å². The van der Waals surface area contributed by atoms with E-state index in [4.69, 9.17) is 0 Å². The maximum atomic E-state index is 2.42. The van der Waals surface area contributed by atoms with Gasteiger partial charge in [-0.1, -0.05) is 164 Å². The Morgan fingerprint density at radius 1 is 0.321 bits per heavy atom. The molecule has 10 aromatic carbocycles. The highest BCUT2D eigenvalue weighted by molar-refractivity contribution is 6.24. The van der Waals surface area contributed by atoms with Crippen LogP contribution in [-0.4, -0.2) is 4.57 Å². The van der Waals surface area contributed by atoms with E-state index in [-0.39, 0.29) is 0 Å². The highest BCUT2D eigenvalue weighted by Gasteiger charge is 2.20. The van der Waals surface area contributed by atoms with Gasteiger partial charge in [-0.25, -0.2) is 0 Å². The van der Waals surface area contributed by atoms with Crippen molar-refractivity contribution in [3.63, 3.8) is 0 Å². The van der Waals surface area contributed by atoms with E-state index in [9.17, 15) is 0 Å². The van der Waals surface area contributed by atoms with Crippen molar-refractivity contribution in [3.05, 3.63) is 218 Å². The fourth-order valence-electron chi connectivity index (χ4n) is 8.82. The molecule has 0 fully saturated rings. The third-order valence-electron chi connectivity index (χ3n) is 11.3. The molecule has 2 heteroatoms. The Kier molecular flexibility index (Phi) is 7.53. The van der Waals surface area contributed by atoms with Gasteiger partial charge in [0.05, 0.1) is 16.7 Å². The number of para-hydroxylation sites is 3. The second-order valence-electron chi connectivity index (χ2n) is 14.5. The Bertz CT molecular complexity index is 3230. The molecule has 0 spiro atoms. The molecule has 0 aliphatic rings. The Labute approximate surface area is 325 Å². The number of aromatic nitrogens is 1. The van der Waals surface area contributed by atoms with E-state index in [1.807, 2.05) is 0 Å². The van der Waals surface area contributed by atoms with Gasteiger partial charge in [0.1, 0.15) is 0 Å². The first-order chi connectivity index (χ1) is 27.8. The van der Waals surface area contributed by atoms with Gasteiger partial charge in [-0.15, -0.1) is 0 Å². The van der Waals surface area contributed by atoms with E-state index >= 15 is 0 Å². The van der Waals surface area contributed by atoms with Gasteiger partial charge in [0.2, 0.25) is 0 Å². The van der Waals surface area contributed by atoms with Crippen molar-refractivity contribution >= 4 is 71.2 Å². The van der Waals surface area contributed by atoms with E-state index in [2.05, 4.69) is 228 Å². The molecule has 0 amide bonds. The van der Waals surface area contributed by atoms with E-state index in [1.54, 1.807) is 0 Å². The molecule has 0 bridgehead atoms. The van der Waals surface area contributed by atoms with Crippen molar-refractivity contribution in [1.82, 2.24) is 4.57 Å². The number of hydrogen-bond acceptors (Lipinski definition) is 1. The molecule has 0 unspecified atom stereocenters. The number of fused-ring (bicyclic) bond motifs is 8. The van der Waals surface area contributed by atoms with E-state index in [0.29, 0.717) is 0 Å². The highest BCUT2D eigenvalue weighted by Crippen LogP contribution is 2.44. The first kappa shape index (κ1) is 32.0. The Hall–Kier alpha value is -7.42. The van der Waals surface area contributed by atoms with Crippen LogP contribution in [-0.2, 0) is 0 Å². The molecule has 262 valence electrons. The summed E-state index contributed by atoms with van der Waals surface area (Å²) in [6.07, 6.45) is 0. The lowest BCUT2D eigenvalue weighted by Crippen LogP contribution is -2.11. The molecule has 1 heterocycles. The predicted molar refractivity (Wildman–Crippen MR) is 239 cm³/mol. The van der Waals surface area contributed by atoms with Crippen LogP contribution >= 0.6 is 0 Å². The van der Waals surface area contributed by atoms with E-state index in [1.165, 1.54) is 76.4 Å². The maximum Gasteiger partial charge on any atom is 0.0542 e. The molecule has 2 nitrogen and oxygen atoms in total. The summed E-state index contributed by atoms with van der Waals surface area (Å²) in [7, 11) is 0. The topological polar surface area (TPSA) is 8.17 Å². The monoisotopic (exact) mass is 712 g/mol. The van der Waals surface area contributed by atoms with Crippen LogP contribution in [0.3, 0.4) is 0 Å². The minimum Gasteiger partial charge on any atom is -0.310 e. The molecule has 0 aliphatic heterocycles. The summed E-state index contributed by atoms with van der Waals surface area (Å²) in [5.74, 6) is 0. The van der Waals surface area contributed by atoms with E-state index < -0.39 is 0 Å². The van der Waals surface area contributed by atoms with Gasteiger partial charge in [0.25, 0.3) is 0 Å². The molecular formula is C54H36N2. The second kappa shape index (κ2) is 13.2. The van der Waals surface area contributed by atoms with Gasteiger partial charge in [-0.3, -0.25) is 0 Å². The summed E-state index contributed by atoms with van der Waals surface area (Å²) < 4.78 is 2.38. The van der Waals surface area contributed by atoms with Crippen LogP contribution in [0.25, 0.3) is 82.1 Å². The number of benzene rings is 10. The summed E-state index contributed by atoms with van der Waals surface area (Å²) in [5.41, 5.74) is 11.6. The maximum absolute atomic E-state index is 2.42. The smallest absolute Gasteiger partial charge is 0.0542 e. The van der Waals surface area contributed by atoms with Crippen molar-refractivity contribution in [2.75, 3.05) is 4.90 Å². The standard InChI is InChI=1S/C54H36N2/c1-3-14-37(15-4-1)45-20-9-11-24-50(45)55(44-34-35-52-49(36-44)48-22-10-12-25-51(48)56(52)42-18-5-2-6-19-42)43-32-30-39(31-33-43)47-23-13-17-40-28-29-41-27-26-38-16-7-8-21-46(38)54(41)53(40)47/h1-36H. The average Bonchev–Trinajstić information content (AvgIpc) is 3.61. The van der Waals surface area contributed by atoms with Gasteiger partial charge in [0.15, 0.2) is 0 Å². The Morgan fingerprint density at radius 3 is 1.71 bits per heavy atom. The normalized spacial score (nSPS) is 11.6. The van der Waals surface area contributed by atoms with Crippen LogP contribution in [0.4, 0.5) is 17.1 Å². The number of hydrogen-bond donors (Lipinski definition) is 0. The SMILES string of the molecule is c1ccc(-c2ccccc2N(c2ccc(-c3cccc4ccc5ccc6ccccc6c5c34)cc2)c2ccc3c(c2)c2ccccc2n3-c2ccccc2)cc1. The van der Waals surface area contributed by atoms with Gasteiger partial charge in [-0.2, -0.15) is 0 Å². The van der Waals surface area contributed by atoms with Gasteiger partial charge >= 0.3 is 0 Å². The molecule has 0 radical (unpaired) electrons. The number of nitrogens with zero attached hydrogens (tertiary/aromatic N) is 2. The zero-order valence-corrected chi connectivity index (χ0v) is 30.7. The molecule has 0 atom stereocenters. The fraction of sp³-hybridized carbons (Fsp3) is 0. The second-order valence-corrected chi connectivity index (χ2v) is 14.5. The van der Waals surface area contributed by atoms with Crippen LogP contribution in [0.15, 0.2) is 218 Å². The van der Waals surface area contributed by atoms with Gasteiger partial charge in [-0.05, 0) is 104 Å². The summed E-state index contributed by atoms with van der Waals surface area (Å²) in [6, 6.07) is 79.5. The quantitative estimate of drug-likeness (QED) is 0.156. The zero-order valence-electron chi connectivity index (χ0n) is 30.7. The van der Waals surface area contributed by atoms with Crippen LogP contribution in [0, 0.1) is 0 Å². The average molecular weight is 713 g/mol. The largest absolute Gasteiger partial charge is 0.310 e. The first-order valence-corrected chi connectivity index (χ1v) is 19.3. The molecule has 56 heavy (non-hydrogen) atoms. The van der Waals surface area contributed by atoms with Gasteiger partial charge < -0.3 is 9.47 Å². The molecule has 0 N–H and O–H groups in total. The van der Waals surface area contributed by atoms with Crippen LogP contribution in [0.2, 0.25) is 0 Å². The van der Waals surface area contributed by atoms with Crippen LogP contribution in [0.5, 0.6) is 0 Å². The molecule has 1 aromatic heterocycles. The molecule has 11 aromatic rings. The third kappa shape index (κ3) is 5.19. The van der Waals surface area contributed by atoms with Crippen molar-refractivity contribution in [3.8, 4) is 27.9 Å². The molecule has 0 aliphatic carbocycles. The Morgan fingerprint density at radius 2 is 0.893 bits per heavy atom.